The van der Waals surface area contributed by atoms with E-state index in [2.05, 4.69) is 25.2 Å². The molecule has 0 saturated carbocycles. The van der Waals surface area contributed by atoms with Crippen molar-refractivity contribution in [2.24, 2.45) is 0 Å². The number of amides is 1. The van der Waals surface area contributed by atoms with Gasteiger partial charge in [0, 0.05) is 24.9 Å². The molecule has 1 aromatic carbocycles. The smallest absolute Gasteiger partial charge is 0.395 e. The van der Waals surface area contributed by atoms with Crippen LogP contribution in [0.3, 0.4) is 0 Å². The number of alkyl halides is 2. The van der Waals surface area contributed by atoms with Crippen LogP contribution in [0.5, 0.6) is 11.5 Å². The van der Waals surface area contributed by atoms with Crippen molar-refractivity contribution in [2.45, 2.75) is 12.3 Å². The third-order valence-corrected chi connectivity index (χ3v) is 4.38. The number of carbonyl (C=O) groups is 1. The van der Waals surface area contributed by atoms with Gasteiger partial charge in [0.05, 0.1) is 10.7 Å². The van der Waals surface area contributed by atoms with Gasteiger partial charge in [-0.15, -0.1) is 8.78 Å². The van der Waals surface area contributed by atoms with E-state index in [1.807, 2.05) is 0 Å². The molecule has 0 radical (unpaired) electrons. The van der Waals surface area contributed by atoms with Crippen LogP contribution in [0.2, 0.25) is 5.02 Å². The highest BCUT2D eigenvalue weighted by molar-refractivity contribution is 6.32. The lowest BCUT2D eigenvalue weighted by Gasteiger charge is -2.19. The fourth-order valence-corrected chi connectivity index (χ4v) is 3.08. The molecule has 11 heteroatoms. The van der Waals surface area contributed by atoms with E-state index in [-0.39, 0.29) is 22.3 Å². The Morgan fingerprint density at radius 1 is 1.36 bits per heavy atom. The number of hydrogen-bond donors (Lipinski definition) is 2. The number of aromatic nitrogens is 1. The molecular weight excluding hydrogens is 401 g/mol. The van der Waals surface area contributed by atoms with Crippen LogP contribution in [0.1, 0.15) is 5.56 Å². The van der Waals surface area contributed by atoms with Gasteiger partial charge < -0.3 is 19.8 Å². The molecule has 2 aromatic rings. The van der Waals surface area contributed by atoms with E-state index in [0.29, 0.717) is 11.3 Å². The second-order valence-corrected chi connectivity index (χ2v) is 6.39. The molecule has 0 bridgehead atoms. The summed E-state index contributed by atoms with van der Waals surface area (Å²) in [7, 11) is 1.61. The zero-order valence-corrected chi connectivity index (χ0v) is 14.9. The summed E-state index contributed by atoms with van der Waals surface area (Å²) in [6, 6.07) is 4.19. The van der Waals surface area contributed by atoms with Crippen LogP contribution in [-0.2, 0) is 4.79 Å². The third-order valence-electron chi connectivity index (χ3n) is 4.07. The molecule has 0 aliphatic carbocycles. The number of benzene rings is 1. The van der Waals surface area contributed by atoms with E-state index >= 15 is 0 Å². The lowest BCUT2D eigenvalue weighted by molar-refractivity contribution is -0.286. The van der Waals surface area contributed by atoms with Crippen LogP contribution < -0.4 is 20.2 Å². The number of nitrogens with zero attached hydrogens (tertiary/aromatic N) is 2. The predicted molar refractivity (Wildman–Crippen MR) is 93.1 cm³/mol. The molecule has 4 rings (SSSR count). The fraction of sp³-hybridized carbons (Fsp3) is 0.176. The molecule has 1 atom stereocenters. The van der Waals surface area contributed by atoms with Gasteiger partial charge in [-0.1, -0.05) is 11.6 Å². The van der Waals surface area contributed by atoms with Crippen LogP contribution in [-0.4, -0.2) is 35.3 Å². The van der Waals surface area contributed by atoms with E-state index in [9.17, 15) is 18.0 Å². The Morgan fingerprint density at radius 2 is 2.07 bits per heavy atom. The van der Waals surface area contributed by atoms with Gasteiger partial charge in [-0.25, -0.2) is 14.8 Å². The van der Waals surface area contributed by atoms with Crippen molar-refractivity contribution in [3.05, 3.63) is 52.9 Å². The molecule has 1 unspecified atom stereocenters. The second kappa shape index (κ2) is 6.57. The first-order chi connectivity index (χ1) is 13.2. The predicted octanol–water partition coefficient (Wildman–Crippen LogP) is 2.99. The van der Waals surface area contributed by atoms with Gasteiger partial charge in [-0.2, -0.15) is 0 Å². The van der Waals surface area contributed by atoms with Crippen molar-refractivity contribution in [2.75, 3.05) is 12.4 Å². The Kier molecular flexibility index (Phi) is 4.31. The minimum atomic E-state index is -3.77. The minimum Gasteiger partial charge on any atom is -0.395 e. The van der Waals surface area contributed by atoms with Crippen molar-refractivity contribution >= 4 is 29.0 Å². The number of rotatable bonds is 3. The average Bonchev–Trinajstić information content (AvgIpc) is 3.14. The maximum Gasteiger partial charge on any atom is 0.586 e. The largest absolute Gasteiger partial charge is 0.586 e. The quantitative estimate of drug-likeness (QED) is 0.807. The van der Waals surface area contributed by atoms with Crippen molar-refractivity contribution < 1.29 is 27.4 Å². The molecule has 7 nitrogen and oxygen atoms in total. The number of halogens is 4. The molecule has 2 aliphatic rings. The number of anilines is 1. The zero-order valence-electron chi connectivity index (χ0n) is 14.2. The van der Waals surface area contributed by atoms with Gasteiger partial charge in [0.2, 0.25) is 5.91 Å². The third kappa shape index (κ3) is 3.32. The van der Waals surface area contributed by atoms with Crippen LogP contribution in [0.25, 0.3) is 5.70 Å². The topological polar surface area (TPSA) is 75.7 Å². The SMILES string of the molecule is CN1NC(C(=O)Nc2ncccc2F)C=C1c1cc2c(cc1Cl)OC(F)(F)O2. The van der Waals surface area contributed by atoms with Crippen LogP contribution in [0, 0.1) is 5.82 Å². The fourth-order valence-electron chi connectivity index (χ4n) is 2.83. The van der Waals surface area contributed by atoms with E-state index in [4.69, 9.17) is 11.6 Å². The highest BCUT2D eigenvalue weighted by atomic mass is 35.5. The van der Waals surface area contributed by atoms with Gasteiger partial charge in [-0.3, -0.25) is 4.79 Å². The summed E-state index contributed by atoms with van der Waals surface area (Å²) in [6.45, 7) is 0. The minimum absolute atomic E-state index is 0.122. The Labute approximate surface area is 161 Å². The maximum atomic E-state index is 13.7. The van der Waals surface area contributed by atoms with Crippen LogP contribution in [0.15, 0.2) is 36.5 Å². The average molecular weight is 413 g/mol. The molecule has 0 fully saturated rings. The first kappa shape index (κ1) is 18.4. The normalized spacial score (nSPS) is 19.5. The standard InChI is InChI=1S/C17H12ClF3N4O3/c1-25-12(8-5-13-14(6-9(8)18)28-17(20,21)27-13)7-11(24-25)16(26)23-15-10(19)3-2-4-22-15/h2-7,11,24H,1H3,(H,22,23,26). The molecule has 1 aromatic heterocycles. The molecule has 146 valence electrons. The van der Waals surface area contributed by atoms with Crippen molar-refractivity contribution in [3.8, 4) is 11.5 Å². The van der Waals surface area contributed by atoms with E-state index < -0.39 is 24.1 Å². The summed E-state index contributed by atoms with van der Waals surface area (Å²) in [6.07, 6.45) is -0.915. The number of hydrazine groups is 1. The Hall–Kier alpha value is -2.98. The summed E-state index contributed by atoms with van der Waals surface area (Å²) in [5, 5.41) is 3.98. The van der Waals surface area contributed by atoms with E-state index in [1.165, 1.54) is 41.5 Å². The van der Waals surface area contributed by atoms with Crippen molar-refractivity contribution in [1.82, 2.24) is 15.4 Å². The maximum absolute atomic E-state index is 13.7. The number of pyridine rings is 1. The molecule has 0 spiro atoms. The number of ether oxygens (including phenoxy) is 2. The Bertz CT molecular complexity index is 1000. The first-order valence-electron chi connectivity index (χ1n) is 7.96. The summed E-state index contributed by atoms with van der Waals surface area (Å²) in [5.41, 5.74) is 3.63. The van der Waals surface area contributed by atoms with Crippen LogP contribution in [0.4, 0.5) is 19.0 Å². The molecule has 2 aliphatic heterocycles. The Balaban J connectivity index is 1.59. The summed E-state index contributed by atoms with van der Waals surface area (Å²) in [5.74, 6) is -1.81. The zero-order chi connectivity index (χ0) is 20.1. The second-order valence-electron chi connectivity index (χ2n) is 5.99. The number of carbonyl (C=O) groups excluding carboxylic acids is 1. The number of hydrogen-bond acceptors (Lipinski definition) is 6. The van der Waals surface area contributed by atoms with Gasteiger partial charge in [-0.05, 0) is 24.3 Å². The highest BCUT2D eigenvalue weighted by Crippen LogP contribution is 2.45. The van der Waals surface area contributed by atoms with E-state index in [0.717, 1.165) is 0 Å². The monoisotopic (exact) mass is 412 g/mol. The highest BCUT2D eigenvalue weighted by Gasteiger charge is 2.44. The van der Waals surface area contributed by atoms with Gasteiger partial charge in [0.1, 0.15) is 6.04 Å². The van der Waals surface area contributed by atoms with Crippen molar-refractivity contribution in [1.29, 1.82) is 0 Å². The number of nitrogens with one attached hydrogen (secondary N) is 2. The Morgan fingerprint density at radius 3 is 2.79 bits per heavy atom. The summed E-state index contributed by atoms with van der Waals surface area (Å²) < 4.78 is 49.0. The molecule has 2 N–H and O–H groups in total. The molecule has 28 heavy (non-hydrogen) atoms. The van der Waals surface area contributed by atoms with Crippen LogP contribution >= 0.6 is 11.6 Å². The molecule has 3 heterocycles. The number of fused-ring (bicyclic) bond motifs is 1. The van der Waals surface area contributed by atoms with Gasteiger partial charge in [0.15, 0.2) is 23.1 Å². The molecule has 0 saturated heterocycles. The first-order valence-corrected chi connectivity index (χ1v) is 8.34. The van der Waals surface area contributed by atoms with Gasteiger partial charge >= 0.3 is 6.29 Å². The molecule has 1 amide bonds. The molecular formula is C17H12ClF3N4O3. The lowest BCUT2D eigenvalue weighted by Crippen LogP contribution is -2.41. The summed E-state index contributed by atoms with van der Waals surface area (Å²) >= 11 is 6.19. The van der Waals surface area contributed by atoms with Gasteiger partial charge in [0.25, 0.3) is 0 Å². The van der Waals surface area contributed by atoms with E-state index in [1.54, 1.807) is 7.05 Å². The summed E-state index contributed by atoms with van der Waals surface area (Å²) in [4.78, 5) is 16.2. The lowest BCUT2D eigenvalue weighted by atomic mass is 10.1. The van der Waals surface area contributed by atoms with Crippen molar-refractivity contribution in [3.63, 3.8) is 0 Å².